The lowest BCUT2D eigenvalue weighted by molar-refractivity contribution is -0.118. The first-order valence-corrected chi connectivity index (χ1v) is 2.91. The summed E-state index contributed by atoms with van der Waals surface area (Å²) in [6.07, 6.45) is 1.44. The third kappa shape index (κ3) is 11.4. The highest BCUT2D eigenvalue weighted by Crippen LogP contribution is 2.01. The van der Waals surface area contributed by atoms with Crippen molar-refractivity contribution in [1.82, 2.24) is 0 Å². The number of halogens is 1. The van der Waals surface area contributed by atoms with E-state index < -0.39 is 0 Å². The number of hydrogen-bond donors (Lipinski definition) is 1. The second kappa shape index (κ2) is 5.89. The maximum Gasteiger partial charge on any atom is 0.217 e. The first-order chi connectivity index (χ1) is 3.63. The zero-order valence-electron chi connectivity index (χ0n) is 5.89. The second-order valence-electron chi connectivity index (χ2n) is 2.40. The summed E-state index contributed by atoms with van der Waals surface area (Å²) >= 11 is 0. The van der Waals surface area contributed by atoms with Gasteiger partial charge in [-0.05, 0) is 12.3 Å². The normalized spacial score (nSPS) is 8.78. The summed E-state index contributed by atoms with van der Waals surface area (Å²) in [7, 11) is 0. The van der Waals surface area contributed by atoms with E-state index in [1.807, 2.05) is 0 Å². The first kappa shape index (κ1) is 11.5. The third-order valence-electron chi connectivity index (χ3n) is 0.968. The van der Waals surface area contributed by atoms with Crippen LogP contribution in [0.1, 0.15) is 26.7 Å². The van der Waals surface area contributed by atoms with Crippen LogP contribution in [-0.2, 0) is 4.79 Å². The number of nitrogens with two attached hydrogens (primary N) is 1. The summed E-state index contributed by atoms with van der Waals surface area (Å²) in [5, 5.41) is 0. The van der Waals surface area contributed by atoms with Gasteiger partial charge in [0.25, 0.3) is 0 Å². The lowest BCUT2D eigenvalue weighted by atomic mass is 10.1. The Bertz CT molecular complexity index is 83.1. The van der Waals surface area contributed by atoms with E-state index >= 15 is 0 Å². The highest BCUT2D eigenvalue weighted by molar-refractivity contribution is 5.85. The lowest BCUT2D eigenvalue weighted by Gasteiger charge is -1.98. The Kier molecular flexibility index (Phi) is 7.55. The fraction of sp³-hybridized carbons (Fsp3) is 0.833. The summed E-state index contributed by atoms with van der Waals surface area (Å²) < 4.78 is 0. The highest BCUT2D eigenvalue weighted by Gasteiger charge is 1.96. The molecule has 0 radical (unpaired) electrons. The topological polar surface area (TPSA) is 43.1 Å². The van der Waals surface area contributed by atoms with E-state index in [0.29, 0.717) is 12.3 Å². The van der Waals surface area contributed by atoms with E-state index in [1.54, 1.807) is 0 Å². The van der Waals surface area contributed by atoms with Crippen molar-refractivity contribution in [3.63, 3.8) is 0 Å². The van der Waals surface area contributed by atoms with Crippen molar-refractivity contribution in [3.05, 3.63) is 0 Å². The molecule has 2 N–H and O–H groups in total. The number of primary amides is 1. The monoisotopic (exact) mass is 151 g/mol. The Morgan fingerprint density at radius 3 is 2.11 bits per heavy atom. The molecule has 0 aliphatic rings. The van der Waals surface area contributed by atoms with Crippen molar-refractivity contribution < 1.29 is 4.79 Å². The molecule has 9 heavy (non-hydrogen) atoms. The van der Waals surface area contributed by atoms with Crippen molar-refractivity contribution in [3.8, 4) is 0 Å². The average molecular weight is 152 g/mol. The molecule has 0 saturated carbocycles. The second-order valence-corrected chi connectivity index (χ2v) is 2.40. The highest BCUT2D eigenvalue weighted by atomic mass is 35.5. The summed E-state index contributed by atoms with van der Waals surface area (Å²) in [6.45, 7) is 4.14. The predicted octanol–water partition coefficient (Wildman–Crippen LogP) is 1.33. The minimum Gasteiger partial charge on any atom is -0.370 e. The zero-order chi connectivity index (χ0) is 6.57. The summed E-state index contributed by atoms with van der Waals surface area (Å²) in [5.41, 5.74) is 4.90. The number of rotatable bonds is 3. The molecular weight excluding hydrogens is 138 g/mol. The van der Waals surface area contributed by atoms with Crippen molar-refractivity contribution >= 4 is 18.3 Å². The van der Waals surface area contributed by atoms with Gasteiger partial charge in [-0.2, -0.15) is 0 Å². The number of carbonyl (C=O) groups excluding carboxylic acids is 1. The van der Waals surface area contributed by atoms with Gasteiger partial charge in [0.15, 0.2) is 0 Å². The standard InChI is InChI=1S/C6H13NO.ClH/c1-5(2)3-4-6(7)8;/h5H,3-4H2,1-2H3,(H2,7,8);1H. The molecule has 0 aromatic carbocycles. The maximum atomic E-state index is 10.1. The van der Waals surface area contributed by atoms with Gasteiger partial charge in [-0.1, -0.05) is 13.8 Å². The summed E-state index contributed by atoms with van der Waals surface area (Å²) in [5.74, 6) is 0.390. The lowest BCUT2D eigenvalue weighted by Crippen LogP contribution is -2.10. The molecule has 0 saturated heterocycles. The molecule has 3 heteroatoms. The van der Waals surface area contributed by atoms with E-state index in [2.05, 4.69) is 13.8 Å². The van der Waals surface area contributed by atoms with E-state index in [4.69, 9.17) is 5.73 Å². The third-order valence-corrected chi connectivity index (χ3v) is 0.968. The van der Waals surface area contributed by atoms with Crippen LogP contribution in [0.3, 0.4) is 0 Å². The largest absolute Gasteiger partial charge is 0.370 e. The zero-order valence-corrected chi connectivity index (χ0v) is 6.70. The average Bonchev–Trinajstić information content (AvgIpc) is 1.61. The van der Waals surface area contributed by atoms with Gasteiger partial charge in [-0.3, -0.25) is 4.79 Å². The Morgan fingerprint density at radius 1 is 1.56 bits per heavy atom. The molecule has 0 atom stereocenters. The molecule has 0 unspecified atom stereocenters. The van der Waals surface area contributed by atoms with E-state index in [1.165, 1.54) is 0 Å². The molecule has 0 aliphatic carbocycles. The van der Waals surface area contributed by atoms with Gasteiger partial charge < -0.3 is 5.73 Å². The fourth-order valence-corrected chi connectivity index (χ4v) is 0.431. The van der Waals surface area contributed by atoms with Gasteiger partial charge in [0.05, 0.1) is 0 Å². The van der Waals surface area contributed by atoms with Crippen LogP contribution in [0.25, 0.3) is 0 Å². The van der Waals surface area contributed by atoms with Crippen molar-refractivity contribution in [2.45, 2.75) is 26.7 Å². The van der Waals surface area contributed by atoms with E-state index in [0.717, 1.165) is 6.42 Å². The van der Waals surface area contributed by atoms with Crippen LogP contribution in [0, 0.1) is 5.92 Å². The van der Waals surface area contributed by atoms with Crippen LogP contribution in [0.15, 0.2) is 0 Å². The van der Waals surface area contributed by atoms with Gasteiger partial charge in [0.1, 0.15) is 0 Å². The van der Waals surface area contributed by atoms with Crippen molar-refractivity contribution in [1.29, 1.82) is 0 Å². The van der Waals surface area contributed by atoms with Gasteiger partial charge in [-0.15, -0.1) is 12.4 Å². The van der Waals surface area contributed by atoms with Gasteiger partial charge in [0, 0.05) is 6.42 Å². The molecule has 0 rings (SSSR count). The molecule has 0 heterocycles. The molecule has 1 amide bonds. The molecule has 0 aromatic rings. The number of hydrogen-bond acceptors (Lipinski definition) is 1. The van der Waals surface area contributed by atoms with E-state index in [9.17, 15) is 4.79 Å². The first-order valence-electron chi connectivity index (χ1n) is 2.91. The summed E-state index contributed by atoms with van der Waals surface area (Å²) in [6, 6.07) is 0. The van der Waals surface area contributed by atoms with Gasteiger partial charge in [0.2, 0.25) is 5.91 Å². The molecule has 2 nitrogen and oxygen atoms in total. The predicted molar refractivity (Wildman–Crippen MR) is 40.5 cm³/mol. The minimum atomic E-state index is -0.196. The van der Waals surface area contributed by atoms with Crippen LogP contribution >= 0.6 is 12.4 Å². The van der Waals surface area contributed by atoms with Crippen LogP contribution in [0.5, 0.6) is 0 Å². The van der Waals surface area contributed by atoms with Gasteiger partial charge in [-0.25, -0.2) is 0 Å². The molecular formula is C6H14ClNO. The van der Waals surface area contributed by atoms with Crippen molar-refractivity contribution in [2.75, 3.05) is 0 Å². The Hall–Kier alpha value is -0.240. The van der Waals surface area contributed by atoms with Crippen molar-refractivity contribution in [2.24, 2.45) is 11.7 Å². The maximum absolute atomic E-state index is 10.1. The SMILES string of the molecule is CC(C)CCC(N)=O.Cl. The Morgan fingerprint density at radius 2 is 2.00 bits per heavy atom. The minimum absolute atomic E-state index is 0. The van der Waals surface area contributed by atoms with Crippen LogP contribution < -0.4 is 5.73 Å². The van der Waals surface area contributed by atoms with E-state index in [-0.39, 0.29) is 18.3 Å². The smallest absolute Gasteiger partial charge is 0.217 e. The van der Waals surface area contributed by atoms with Crippen LogP contribution in [-0.4, -0.2) is 5.91 Å². The molecule has 56 valence electrons. The molecule has 0 fully saturated rings. The Labute approximate surface area is 62.2 Å². The quantitative estimate of drug-likeness (QED) is 0.650. The number of carbonyl (C=O) groups is 1. The number of amides is 1. The molecule has 0 bridgehead atoms. The van der Waals surface area contributed by atoms with Crippen LogP contribution in [0.2, 0.25) is 0 Å². The van der Waals surface area contributed by atoms with Gasteiger partial charge >= 0.3 is 0 Å². The molecule has 0 spiro atoms. The Balaban J connectivity index is 0. The summed E-state index contributed by atoms with van der Waals surface area (Å²) in [4.78, 5) is 10.1. The molecule has 0 aliphatic heterocycles. The fourth-order valence-electron chi connectivity index (χ4n) is 0.431. The van der Waals surface area contributed by atoms with Crippen LogP contribution in [0.4, 0.5) is 0 Å². The molecule has 0 aromatic heterocycles.